The van der Waals surface area contributed by atoms with Gasteiger partial charge in [0.25, 0.3) is 5.56 Å². The molecule has 2 heterocycles. The van der Waals surface area contributed by atoms with Crippen LogP contribution in [0.5, 0.6) is 0 Å². The minimum atomic E-state index is -0.175. The second-order valence-corrected chi connectivity index (χ2v) is 10.4. The molecule has 0 radical (unpaired) electrons. The highest BCUT2D eigenvalue weighted by atomic mass is 32.2. The summed E-state index contributed by atoms with van der Waals surface area (Å²) < 4.78 is 0. The zero-order valence-electron chi connectivity index (χ0n) is 18.2. The van der Waals surface area contributed by atoms with Gasteiger partial charge in [-0.3, -0.25) is 9.59 Å². The third-order valence-electron chi connectivity index (χ3n) is 5.91. The lowest BCUT2D eigenvalue weighted by molar-refractivity contribution is -0.121. The number of rotatable bonds is 8. The molecule has 2 aromatic heterocycles. The minimum Gasteiger partial charge on any atom is -0.345 e. The third kappa shape index (κ3) is 4.89. The molecule has 0 saturated carbocycles. The number of amides is 1. The molecule has 0 spiro atoms. The molecule has 5 nitrogen and oxygen atoms in total. The van der Waals surface area contributed by atoms with Crippen LogP contribution in [0.4, 0.5) is 0 Å². The van der Waals surface area contributed by atoms with E-state index in [0.29, 0.717) is 23.8 Å². The summed E-state index contributed by atoms with van der Waals surface area (Å²) in [7, 11) is 0. The Morgan fingerprint density at radius 2 is 1.76 bits per heavy atom. The Morgan fingerprint density at radius 3 is 2.45 bits per heavy atom. The lowest BCUT2D eigenvalue weighted by Gasteiger charge is -2.20. The van der Waals surface area contributed by atoms with Crippen molar-refractivity contribution in [1.29, 1.82) is 0 Å². The quantitative estimate of drug-likeness (QED) is 0.352. The van der Waals surface area contributed by atoms with Crippen LogP contribution in [0.25, 0.3) is 10.2 Å². The van der Waals surface area contributed by atoms with E-state index in [1.54, 1.807) is 23.1 Å². The summed E-state index contributed by atoms with van der Waals surface area (Å²) in [5.74, 6) is 1.93. The van der Waals surface area contributed by atoms with Crippen molar-refractivity contribution in [3.05, 3.63) is 98.4 Å². The van der Waals surface area contributed by atoms with E-state index >= 15 is 0 Å². The van der Waals surface area contributed by atoms with Gasteiger partial charge < -0.3 is 10.3 Å². The average molecular weight is 476 g/mol. The first kappa shape index (κ1) is 21.9. The first-order valence-corrected chi connectivity index (χ1v) is 13.2. The largest absolute Gasteiger partial charge is 0.345 e. The fraction of sp³-hybridized carbons (Fsp3) is 0.269. The number of fused-ring (bicyclic) bond motifs is 3. The first-order chi connectivity index (χ1) is 16.2. The molecule has 0 saturated heterocycles. The molecule has 0 aliphatic heterocycles. The number of hydrogen-bond acceptors (Lipinski definition) is 5. The fourth-order valence-corrected chi connectivity index (χ4v) is 6.42. The second-order valence-electron chi connectivity index (χ2n) is 8.17. The smallest absolute Gasteiger partial charge is 0.259 e. The van der Waals surface area contributed by atoms with E-state index < -0.39 is 0 Å². The molecule has 1 aliphatic carbocycles. The van der Waals surface area contributed by atoms with E-state index in [-0.39, 0.29) is 17.5 Å². The van der Waals surface area contributed by atoms with E-state index in [1.165, 1.54) is 10.4 Å². The predicted octanol–water partition coefficient (Wildman–Crippen LogP) is 5.00. The molecule has 1 amide bonds. The number of carbonyl (C=O) groups is 1. The van der Waals surface area contributed by atoms with Gasteiger partial charge in [0.15, 0.2) is 0 Å². The van der Waals surface area contributed by atoms with E-state index in [0.717, 1.165) is 40.6 Å². The monoisotopic (exact) mass is 475 g/mol. The lowest BCUT2D eigenvalue weighted by Crippen LogP contribution is -2.29. The number of nitrogens with zero attached hydrogens (tertiary/aromatic N) is 1. The SMILES string of the molecule is O=C(CCSCc1nc2sc3c(c2c(=O)[nH]1)CCC3)NC(c1ccccc1)c1ccccc1. The molecule has 0 unspecified atom stereocenters. The van der Waals surface area contributed by atoms with Crippen LogP contribution in [-0.2, 0) is 23.4 Å². The summed E-state index contributed by atoms with van der Waals surface area (Å²) in [6.07, 6.45) is 3.57. The van der Waals surface area contributed by atoms with Crippen molar-refractivity contribution in [2.45, 2.75) is 37.5 Å². The Morgan fingerprint density at radius 1 is 1.06 bits per heavy atom. The van der Waals surface area contributed by atoms with Crippen molar-refractivity contribution in [1.82, 2.24) is 15.3 Å². The zero-order chi connectivity index (χ0) is 22.6. The molecule has 0 fully saturated rings. The van der Waals surface area contributed by atoms with Gasteiger partial charge in [-0.1, -0.05) is 60.7 Å². The zero-order valence-corrected chi connectivity index (χ0v) is 19.8. The average Bonchev–Trinajstić information content (AvgIpc) is 3.42. The highest BCUT2D eigenvalue weighted by molar-refractivity contribution is 7.98. The summed E-state index contributed by atoms with van der Waals surface area (Å²) in [4.78, 5) is 35.1. The maximum Gasteiger partial charge on any atom is 0.259 e. The third-order valence-corrected chi connectivity index (χ3v) is 8.06. The number of aromatic amines is 1. The highest BCUT2D eigenvalue weighted by Gasteiger charge is 2.21. The highest BCUT2D eigenvalue weighted by Crippen LogP contribution is 2.34. The van der Waals surface area contributed by atoms with Crippen LogP contribution in [0.2, 0.25) is 0 Å². The molecule has 2 aromatic carbocycles. The number of benzene rings is 2. The molecule has 7 heteroatoms. The Hall–Kier alpha value is -2.90. The number of hydrogen-bond donors (Lipinski definition) is 2. The molecule has 0 atom stereocenters. The maximum absolute atomic E-state index is 12.7. The van der Waals surface area contributed by atoms with Crippen LogP contribution >= 0.6 is 23.1 Å². The maximum atomic E-state index is 12.7. The second kappa shape index (κ2) is 9.93. The van der Waals surface area contributed by atoms with Gasteiger partial charge in [-0.15, -0.1) is 11.3 Å². The number of aromatic nitrogens is 2. The van der Waals surface area contributed by atoms with Gasteiger partial charge in [0.1, 0.15) is 10.7 Å². The van der Waals surface area contributed by atoms with Gasteiger partial charge in [-0.05, 0) is 36.0 Å². The summed E-state index contributed by atoms with van der Waals surface area (Å²) in [5.41, 5.74) is 3.29. The molecule has 4 aromatic rings. The topological polar surface area (TPSA) is 74.8 Å². The van der Waals surface area contributed by atoms with Crippen molar-refractivity contribution in [3.63, 3.8) is 0 Å². The van der Waals surface area contributed by atoms with Crippen LogP contribution < -0.4 is 10.9 Å². The Labute approximate surface area is 200 Å². The normalized spacial score (nSPS) is 12.9. The minimum absolute atomic E-state index is 0.00629. The molecular weight excluding hydrogens is 450 g/mol. The Balaban J connectivity index is 1.19. The molecule has 33 heavy (non-hydrogen) atoms. The number of H-pyrrole nitrogens is 1. The first-order valence-electron chi connectivity index (χ1n) is 11.2. The van der Waals surface area contributed by atoms with Gasteiger partial charge in [0.05, 0.1) is 17.2 Å². The predicted molar refractivity (Wildman–Crippen MR) is 136 cm³/mol. The van der Waals surface area contributed by atoms with Gasteiger partial charge in [-0.2, -0.15) is 11.8 Å². The molecular formula is C26H25N3O2S2. The standard InChI is InChI=1S/C26H25N3O2S2/c30-22(29-24(17-8-3-1-4-9-17)18-10-5-2-6-11-18)14-15-32-16-21-27-25(31)23-19-12-7-13-20(19)33-26(23)28-21/h1-6,8-11,24H,7,12-16H2,(H,29,30)(H,27,28,31). The van der Waals surface area contributed by atoms with Crippen LogP contribution in [0.15, 0.2) is 65.5 Å². The van der Waals surface area contributed by atoms with E-state index in [4.69, 9.17) is 0 Å². The number of thiophene rings is 1. The molecule has 1 aliphatic rings. The summed E-state index contributed by atoms with van der Waals surface area (Å²) >= 11 is 3.27. The lowest BCUT2D eigenvalue weighted by atomic mass is 9.98. The van der Waals surface area contributed by atoms with Crippen LogP contribution in [0, 0.1) is 0 Å². The van der Waals surface area contributed by atoms with Gasteiger partial charge in [-0.25, -0.2) is 4.98 Å². The number of carbonyl (C=O) groups excluding carboxylic acids is 1. The molecule has 2 N–H and O–H groups in total. The van der Waals surface area contributed by atoms with Gasteiger partial charge >= 0.3 is 0 Å². The van der Waals surface area contributed by atoms with Gasteiger partial charge in [0.2, 0.25) is 5.91 Å². The number of aryl methyl sites for hydroxylation is 2. The number of nitrogens with one attached hydrogen (secondary N) is 2. The fourth-order valence-electron chi connectivity index (χ4n) is 4.33. The summed E-state index contributed by atoms with van der Waals surface area (Å²) in [6.45, 7) is 0. The van der Waals surface area contributed by atoms with Crippen molar-refractivity contribution in [3.8, 4) is 0 Å². The van der Waals surface area contributed by atoms with Crippen LogP contribution in [-0.4, -0.2) is 21.6 Å². The van der Waals surface area contributed by atoms with Crippen molar-refractivity contribution < 1.29 is 4.79 Å². The van der Waals surface area contributed by atoms with Gasteiger partial charge in [0, 0.05) is 17.1 Å². The molecule has 168 valence electrons. The van der Waals surface area contributed by atoms with Crippen LogP contribution in [0.1, 0.15) is 46.3 Å². The number of thioether (sulfide) groups is 1. The Kier molecular flexibility index (Phi) is 6.60. The van der Waals surface area contributed by atoms with Crippen molar-refractivity contribution in [2.24, 2.45) is 0 Å². The van der Waals surface area contributed by atoms with Crippen molar-refractivity contribution in [2.75, 3.05) is 5.75 Å². The Bertz CT molecular complexity index is 1280. The van der Waals surface area contributed by atoms with Crippen LogP contribution in [0.3, 0.4) is 0 Å². The van der Waals surface area contributed by atoms with E-state index in [2.05, 4.69) is 15.3 Å². The molecule has 0 bridgehead atoms. The summed E-state index contributed by atoms with van der Waals surface area (Å²) in [5, 5.41) is 3.97. The van der Waals surface area contributed by atoms with E-state index in [9.17, 15) is 9.59 Å². The van der Waals surface area contributed by atoms with E-state index in [1.807, 2.05) is 60.7 Å². The molecule has 5 rings (SSSR count). The van der Waals surface area contributed by atoms with Crippen molar-refractivity contribution >= 4 is 39.2 Å². The summed E-state index contributed by atoms with van der Waals surface area (Å²) in [6, 6.07) is 19.9.